The molecular formula is C21H12N2S. The van der Waals surface area contributed by atoms with Gasteiger partial charge in [-0.15, -0.1) is 11.3 Å². The van der Waals surface area contributed by atoms with Crippen LogP contribution in [0.2, 0.25) is 0 Å². The molecule has 0 aliphatic carbocycles. The molecule has 2 heterocycles. The Morgan fingerprint density at radius 1 is 0.917 bits per heavy atom. The molecule has 0 aliphatic rings. The number of aromatic nitrogens is 2. The Bertz CT molecular complexity index is 1220. The first-order valence-electron chi connectivity index (χ1n) is 7.78. The summed E-state index contributed by atoms with van der Waals surface area (Å²) in [5.74, 6) is 0.791. The lowest BCUT2D eigenvalue weighted by Crippen LogP contribution is -1.93. The van der Waals surface area contributed by atoms with E-state index in [2.05, 4.69) is 47.4 Å². The molecule has 0 radical (unpaired) electrons. The summed E-state index contributed by atoms with van der Waals surface area (Å²) >= 11 is 1.79. The molecule has 5 aromatic rings. The van der Waals surface area contributed by atoms with Gasteiger partial charge < -0.3 is 0 Å². The van der Waals surface area contributed by atoms with Gasteiger partial charge in [0.15, 0.2) is 0 Å². The van der Waals surface area contributed by atoms with Crippen molar-refractivity contribution in [3.63, 3.8) is 0 Å². The van der Waals surface area contributed by atoms with Gasteiger partial charge in [-0.3, -0.25) is 0 Å². The minimum Gasteiger partial charge on any atom is -0.233 e. The highest BCUT2D eigenvalue weighted by Crippen LogP contribution is 2.36. The fourth-order valence-corrected chi connectivity index (χ4v) is 4.20. The van der Waals surface area contributed by atoms with Gasteiger partial charge in [0, 0.05) is 25.7 Å². The van der Waals surface area contributed by atoms with Crippen LogP contribution >= 0.6 is 11.3 Å². The Hall–Kier alpha value is -2.96. The molecule has 3 aromatic carbocycles. The fraction of sp³-hybridized carbons (Fsp3) is 0.0476. The lowest BCUT2D eigenvalue weighted by Gasteiger charge is -2.07. The second-order valence-corrected chi connectivity index (χ2v) is 6.88. The van der Waals surface area contributed by atoms with Gasteiger partial charge in [0.1, 0.15) is 5.82 Å². The standard InChI is InChI=1S/C21H12N2S/c1-13-22-18-8-4-2-7-16(18)21(23-13)14-10-11-20-17(12-14)15-6-3-5-9-19(15)24-20/h2,4-5,7-12H,1H3. The highest BCUT2D eigenvalue weighted by molar-refractivity contribution is 7.25. The molecule has 0 spiro atoms. The van der Waals surface area contributed by atoms with E-state index in [-0.39, 0.29) is 0 Å². The van der Waals surface area contributed by atoms with E-state index < -0.39 is 0 Å². The van der Waals surface area contributed by atoms with Gasteiger partial charge in [-0.25, -0.2) is 9.97 Å². The molecule has 3 heteroatoms. The van der Waals surface area contributed by atoms with Gasteiger partial charge in [0.25, 0.3) is 0 Å². The first kappa shape index (κ1) is 13.5. The van der Waals surface area contributed by atoms with Crippen LogP contribution in [0, 0.1) is 19.1 Å². The average molecular weight is 324 g/mol. The monoisotopic (exact) mass is 324 g/mol. The van der Waals surface area contributed by atoms with Crippen LogP contribution in [0.15, 0.2) is 54.6 Å². The Morgan fingerprint density at radius 3 is 2.79 bits per heavy atom. The number of thiophene rings is 1. The lowest BCUT2D eigenvalue weighted by molar-refractivity contribution is 1.10. The topological polar surface area (TPSA) is 25.8 Å². The van der Waals surface area contributed by atoms with Crippen molar-refractivity contribution < 1.29 is 0 Å². The highest BCUT2D eigenvalue weighted by Gasteiger charge is 2.11. The van der Waals surface area contributed by atoms with Crippen molar-refractivity contribution in [2.45, 2.75) is 6.92 Å². The number of rotatable bonds is 1. The van der Waals surface area contributed by atoms with Crippen LogP contribution in [-0.4, -0.2) is 9.97 Å². The van der Waals surface area contributed by atoms with Crippen molar-refractivity contribution in [1.29, 1.82) is 0 Å². The second kappa shape index (κ2) is 5.02. The van der Waals surface area contributed by atoms with Crippen LogP contribution in [0.1, 0.15) is 5.82 Å². The zero-order valence-electron chi connectivity index (χ0n) is 13.0. The van der Waals surface area contributed by atoms with E-state index >= 15 is 0 Å². The first-order chi connectivity index (χ1) is 11.8. The summed E-state index contributed by atoms with van der Waals surface area (Å²) in [7, 11) is 0. The molecule has 0 fully saturated rings. The molecule has 0 saturated carbocycles. The summed E-state index contributed by atoms with van der Waals surface area (Å²) in [6.07, 6.45) is 0. The number of benzene rings is 2. The van der Waals surface area contributed by atoms with Crippen molar-refractivity contribution in [2.75, 3.05) is 0 Å². The predicted octanol–water partition coefficient (Wildman–Crippen LogP) is 5.57. The van der Waals surface area contributed by atoms with Crippen LogP contribution in [0.5, 0.6) is 0 Å². The van der Waals surface area contributed by atoms with Gasteiger partial charge >= 0.3 is 0 Å². The largest absolute Gasteiger partial charge is 0.233 e. The summed E-state index contributed by atoms with van der Waals surface area (Å²) in [6.45, 7) is 1.94. The normalized spacial score (nSPS) is 11.2. The van der Waals surface area contributed by atoms with Crippen molar-refractivity contribution in [1.82, 2.24) is 9.97 Å². The van der Waals surface area contributed by atoms with Crippen molar-refractivity contribution in [3.05, 3.63) is 72.6 Å². The van der Waals surface area contributed by atoms with E-state index in [0.717, 1.165) is 33.4 Å². The zero-order chi connectivity index (χ0) is 16.1. The van der Waals surface area contributed by atoms with E-state index in [1.165, 1.54) is 14.8 Å². The van der Waals surface area contributed by atoms with Crippen LogP contribution in [0.4, 0.5) is 0 Å². The SMILES string of the molecule is Cc1nc(-c2ccc3sc4ccc#cc4c3c2)c2ccccc2n1. The Kier molecular flexibility index (Phi) is 2.82. The van der Waals surface area contributed by atoms with E-state index in [0.29, 0.717) is 0 Å². The number of para-hydroxylation sites is 1. The maximum absolute atomic E-state index is 4.72. The zero-order valence-corrected chi connectivity index (χ0v) is 13.8. The smallest absolute Gasteiger partial charge is 0.126 e. The number of nitrogens with zero attached hydrogens (tertiary/aromatic N) is 2. The molecule has 112 valence electrons. The molecule has 0 amide bonds. The van der Waals surface area contributed by atoms with Gasteiger partial charge in [-0.1, -0.05) is 36.4 Å². The molecule has 0 saturated heterocycles. The summed E-state index contributed by atoms with van der Waals surface area (Å²) in [6, 6.07) is 25.0. The number of aryl methyl sites for hydroxylation is 1. The van der Waals surface area contributed by atoms with E-state index in [9.17, 15) is 0 Å². The maximum Gasteiger partial charge on any atom is 0.126 e. The molecule has 0 N–H and O–H groups in total. The molecular weight excluding hydrogens is 312 g/mol. The quantitative estimate of drug-likeness (QED) is 0.402. The molecule has 2 aromatic heterocycles. The fourth-order valence-electron chi connectivity index (χ4n) is 3.15. The van der Waals surface area contributed by atoms with E-state index in [1.807, 2.05) is 31.2 Å². The molecule has 24 heavy (non-hydrogen) atoms. The minimum atomic E-state index is 0.791. The summed E-state index contributed by atoms with van der Waals surface area (Å²) in [4.78, 5) is 9.26. The van der Waals surface area contributed by atoms with Crippen LogP contribution < -0.4 is 0 Å². The van der Waals surface area contributed by atoms with Crippen molar-refractivity contribution in [2.24, 2.45) is 0 Å². The van der Waals surface area contributed by atoms with Crippen molar-refractivity contribution in [3.8, 4) is 11.3 Å². The first-order valence-corrected chi connectivity index (χ1v) is 8.60. The Labute approximate surface area is 143 Å². The third kappa shape index (κ3) is 1.97. The number of hydrogen-bond donors (Lipinski definition) is 0. The van der Waals surface area contributed by atoms with Crippen molar-refractivity contribution >= 4 is 42.4 Å². The average Bonchev–Trinajstić information content (AvgIpc) is 2.99. The predicted molar refractivity (Wildman–Crippen MR) is 100 cm³/mol. The third-order valence-electron chi connectivity index (χ3n) is 4.22. The van der Waals surface area contributed by atoms with E-state index in [1.54, 1.807) is 11.3 Å². The molecule has 0 aliphatic heterocycles. The molecule has 0 unspecified atom stereocenters. The van der Waals surface area contributed by atoms with Gasteiger partial charge in [-0.05, 0) is 37.3 Å². The Morgan fingerprint density at radius 2 is 1.83 bits per heavy atom. The van der Waals surface area contributed by atoms with E-state index in [4.69, 9.17) is 4.98 Å². The van der Waals surface area contributed by atoms with Gasteiger partial charge in [0.05, 0.1) is 16.6 Å². The Balaban J connectivity index is 1.85. The van der Waals surface area contributed by atoms with Crippen LogP contribution in [0.3, 0.4) is 0 Å². The number of fused-ring (bicyclic) bond motifs is 4. The number of hydrogen-bond acceptors (Lipinski definition) is 3. The third-order valence-corrected chi connectivity index (χ3v) is 5.35. The van der Waals surface area contributed by atoms with Gasteiger partial charge in [-0.2, -0.15) is 0 Å². The molecule has 0 bridgehead atoms. The summed E-state index contributed by atoms with van der Waals surface area (Å²) < 4.78 is 2.50. The molecule has 5 rings (SSSR count). The highest BCUT2D eigenvalue weighted by atomic mass is 32.1. The minimum absolute atomic E-state index is 0.791. The maximum atomic E-state index is 4.72. The van der Waals surface area contributed by atoms with Gasteiger partial charge in [0.2, 0.25) is 0 Å². The van der Waals surface area contributed by atoms with Crippen LogP contribution in [-0.2, 0) is 0 Å². The molecule has 2 nitrogen and oxygen atoms in total. The summed E-state index contributed by atoms with van der Waals surface area (Å²) in [5.41, 5.74) is 3.08. The molecule has 0 atom stereocenters. The lowest BCUT2D eigenvalue weighted by atomic mass is 10.0. The van der Waals surface area contributed by atoms with Crippen LogP contribution in [0.25, 0.3) is 42.3 Å². The summed E-state index contributed by atoms with van der Waals surface area (Å²) in [5, 5.41) is 3.43. The second-order valence-electron chi connectivity index (χ2n) is 5.79.